The van der Waals surface area contributed by atoms with Gasteiger partial charge in [-0.25, -0.2) is 9.69 Å². The summed E-state index contributed by atoms with van der Waals surface area (Å²) in [7, 11) is 2.65. The van der Waals surface area contributed by atoms with Crippen LogP contribution in [0.25, 0.3) is 0 Å². The maximum Gasteiger partial charge on any atom is 0.341 e. The molecule has 0 atom stereocenters. The minimum Gasteiger partial charge on any atom is -0.496 e. The molecule has 1 aliphatic rings. The third-order valence-corrected chi connectivity index (χ3v) is 4.34. The van der Waals surface area contributed by atoms with Crippen molar-refractivity contribution < 1.29 is 23.9 Å². The van der Waals surface area contributed by atoms with E-state index in [1.165, 1.54) is 26.4 Å². The van der Waals surface area contributed by atoms with Gasteiger partial charge in [-0.1, -0.05) is 12.1 Å². The second-order valence-corrected chi connectivity index (χ2v) is 5.84. The Hall–Kier alpha value is -2.67. The van der Waals surface area contributed by atoms with Crippen molar-refractivity contribution in [3.05, 3.63) is 57.6 Å². The second kappa shape index (κ2) is 6.09. The number of rotatable bonds is 3. The molecule has 6 nitrogen and oxygen atoms in total. The standard InChI is InChI=1S/C17H12BrNO5/c1-23-14-8-13(12(18)7-11(14)17(22)24-2)19-15(20)9-5-3-4-6-10(9)16(19)21/h3-8H,1-2H3. The molecule has 0 fully saturated rings. The van der Waals surface area contributed by atoms with E-state index in [4.69, 9.17) is 9.47 Å². The Morgan fingerprint density at radius 2 is 1.62 bits per heavy atom. The minimum atomic E-state index is -0.582. The van der Waals surface area contributed by atoms with E-state index in [9.17, 15) is 14.4 Å². The number of hydrogen-bond acceptors (Lipinski definition) is 5. The van der Waals surface area contributed by atoms with Gasteiger partial charge in [-0.05, 0) is 34.1 Å². The van der Waals surface area contributed by atoms with Gasteiger partial charge in [-0.2, -0.15) is 0 Å². The van der Waals surface area contributed by atoms with E-state index in [1.54, 1.807) is 24.3 Å². The predicted octanol–water partition coefficient (Wildman–Crippen LogP) is 3.04. The molecule has 2 aromatic carbocycles. The number of ether oxygens (including phenoxy) is 2. The number of esters is 1. The summed E-state index contributed by atoms with van der Waals surface area (Å²) in [6.07, 6.45) is 0. The number of carbonyl (C=O) groups excluding carboxylic acids is 3. The van der Waals surface area contributed by atoms with E-state index >= 15 is 0 Å². The zero-order chi connectivity index (χ0) is 17.4. The highest BCUT2D eigenvalue weighted by Crippen LogP contribution is 2.38. The second-order valence-electron chi connectivity index (χ2n) is 4.99. The number of methoxy groups -OCH3 is 2. The molecule has 0 saturated heterocycles. The van der Waals surface area contributed by atoms with Crippen molar-refractivity contribution in [1.82, 2.24) is 0 Å². The first-order chi connectivity index (χ1) is 11.5. The average Bonchev–Trinajstić information content (AvgIpc) is 2.85. The molecule has 0 unspecified atom stereocenters. The molecule has 1 aliphatic heterocycles. The molecule has 1 heterocycles. The molecule has 0 aromatic heterocycles. The number of imide groups is 1. The third kappa shape index (κ3) is 2.37. The Balaban J connectivity index is 2.13. The van der Waals surface area contributed by atoms with Crippen LogP contribution in [0.4, 0.5) is 5.69 Å². The van der Waals surface area contributed by atoms with Crippen molar-refractivity contribution in [2.24, 2.45) is 0 Å². The Morgan fingerprint density at radius 1 is 1.04 bits per heavy atom. The quantitative estimate of drug-likeness (QED) is 0.595. The molecule has 0 aliphatic carbocycles. The Morgan fingerprint density at radius 3 is 2.12 bits per heavy atom. The summed E-state index contributed by atoms with van der Waals surface area (Å²) in [5.74, 6) is -1.23. The number of benzene rings is 2. The highest BCUT2D eigenvalue weighted by molar-refractivity contribution is 9.10. The van der Waals surface area contributed by atoms with Gasteiger partial charge in [0, 0.05) is 10.5 Å². The van der Waals surface area contributed by atoms with Crippen LogP contribution < -0.4 is 9.64 Å². The maximum atomic E-state index is 12.6. The SMILES string of the molecule is COC(=O)c1cc(Br)c(N2C(=O)c3ccccc3C2=O)cc1OC. The van der Waals surface area contributed by atoms with Crippen molar-refractivity contribution in [1.29, 1.82) is 0 Å². The Labute approximate surface area is 146 Å². The van der Waals surface area contributed by atoms with Crippen LogP contribution in [0.2, 0.25) is 0 Å². The zero-order valence-corrected chi connectivity index (χ0v) is 14.4. The average molecular weight is 390 g/mol. The lowest BCUT2D eigenvalue weighted by Crippen LogP contribution is -2.29. The molecule has 0 saturated carbocycles. The van der Waals surface area contributed by atoms with Crippen LogP contribution in [0.15, 0.2) is 40.9 Å². The lowest BCUT2D eigenvalue weighted by atomic mass is 10.1. The summed E-state index contributed by atoms with van der Waals surface area (Å²) < 4.78 is 10.3. The van der Waals surface area contributed by atoms with E-state index in [0.29, 0.717) is 21.3 Å². The maximum absolute atomic E-state index is 12.6. The molecule has 0 N–H and O–H groups in total. The van der Waals surface area contributed by atoms with E-state index < -0.39 is 17.8 Å². The van der Waals surface area contributed by atoms with Gasteiger partial charge < -0.3 is 9.47 Å². The van der Waals surface area contributed by atoms with Gasteiger partial charge in [0.05, 0.1) is 31.0 Å². The molecule has 2 aromatic rings. The molecular formula is C17H12BrNO5. The summed E-state index contributed by atoms with van der Waals surface area (Å²) >= 11 is 3.31. The van der Waals surface area contributed by atoms with Crippen LogP contribution in [0.5, 0.6) is 5.75 Å². The summed E-state index contributed by atoms with van der Waals surface area (Å²) in [4.78, 5) is 38.0. The van der Waals surface area contributed by atoms with E-state index in [0.717, 1.165) is 4.90 Å². The Bertz CT molecular complexity index is 842. The molecule has 7 heteroatoms. The molecule has 2 amide bonds. The number of hydrogen-bond donors (Lipinski definition) is 0. The van der Waals surface area contributed by atoms with E-state index in [-0.39, 0.29) is 11.3 Å². The normalized spacial score (nSPS) is 13.0. The van der Waals surface area contributed by atoms with Gasteiger partial charge in [-0.15, -0.1) is 0 Å². The van der Waals surface area contributed by atoms with Crippen LogP contribution in [0, 0.1) is 0 Å². The van der Waals surface area contributed by atoms with E-state index in [2.05, 4.69) is 15.9 Å². The van der Waals surface area contributed by atoms with Crippen LogP contribution in [0.1, 0.15) is 31.1 Å². The first-order valence-corrected chi connectivity index (χ1v) is 7.72. The molecule has 0 radical (unpaired) electrons. The van der Waals surface area contributed by atoms with Crippen molar-refractivity contribution >= 4 is 39.4 Å². The van der Waals surface area contributed by atoms with Crippen molar-refractivity contribution in [2.45, 2.75) is 0 Å². The van der Waals surface area contributed by atoms with Crippen LogP contribution >= 0.6 is 15.9 Å². The number of nitrogens with zero attached hydrogens (tertiary/aromatic N) is 1. The fourth-order valence-electron chi connectivity index (χ4n) is 2.56. The predicted molar refractivity (Wildman–Crippen MR) is 89.6 cm³/mol. The van der Waals surface area contributed by atoms with E-state index in [1.807, 2.05) is 0 Å². The fourth-order valence-corrected chi connectivity index (χ4v) is 3.08. The number of anilines is 1. The third-order valence-electron chi connectivity index (χ3n) is 3.71. The summed E-state index contributed by atoms with van der Waals surface area (Å²) in [6, 6.07) is 9.52. The van der Waals surface area contributed by atoms with Gasteiger partial charge in [0.1, 0.15) is 11.3 Å². The lowest BCUT2D eigenvalue weighted by Gasteiger charge is -2.18. The van der Waals surface area contributed by atoms with Crippen LogP contribution in [0.3, 0.4) is 0 Å². The first-order valence-electron chi connectivity index (χ1n) is 6.93. The minimum absolute atomic E-state index is 0.187. The van der Waals surface area contributed by atoms with Crippen molar-refractivity contribution in [3.63, 3.8) is 0 Å². The molecule has 24 heavy (non-hydrogen) atoms. The number of halogens is 1. The van der Waals surface area contributed by atoms with Gasteiger partial charge in [0.25, 0.3) is 11.8 Å². The van der Waals surface area contributed by atoms with Gasteiger partial charge >= 0.3 is 5.97 Å². The molecule has 0 bridgehead atoms. The monoisotopic (exact) mass is 389 g/mol. The molecule has 0 spiro atoms. The fraction of sp³-hybridized carbons (Fsp3) is 0.118. The largest absolute Gasteiger partial charge is 0.496 e. The molecule has 3 rings (SSSR count). The highest BCUT2D eigenvalue weighted by atomic mass is 79.9. The zero-order valence-electron chi connectivity index (χ0n) is 12.8. The summed E-state index contributed by atoms with van der Waals surface area (Å²) in [5, 5.41) is 0. The number of carbonyl (C=O) groups is 3. The summed E-state index contributed by atoms with van der Waals surface area (Å²) in [5.41, 5.74) is 1.16. The topological polar surface area (TPSA) is 72.9 Å². The summed E-state index contributed by atoms with van der Waals surface area (Å²) in [6.45, 7) is 0. The van der Waals surface area contributed by atoms with Gasteiger partial charge in [0.2, 0.25) is 0 Å². The van der Waals surface area contributed by atoms with Crippen LogP contribution in [-0.4, -0.2) is 32.0 Å². The first kappa shape index (κ1) is 16.2. The van der Waals surface area contributed by atoms with Crippen molar-refractivity contribution in [2.75, 3.05) is 19.1 Å². The number of fused-ring (bicyclic) bond motifs is 1. The van der Waals surface area contributed by atoms with Gasteiger partial charge in [0.15, 0.2) is 0 Å². The number of amides is 2. The molecular weight excluding hydrogens is 378 g/mol. The van der Waals surface area contributed by atoms with Gasteiger partial charge in [-0.3, -0.25) is 9.59 Å². The lowest BCUT2D eigenvalue weighted by molar-refractivity contribution is 0.0597. The van der Waals surface area contributed by atoms with Crippen molar-refractivity contribution in [3.8, 4) is 5.75 Å². The molecule has 122 valence electrons. The highest BCUT2D eigenvalue weighted by Gasteiger charge is 2.37. The van der Waals surface area contributed by atoms with Crippen LogP contribution in [-0.2, 0) is 4.74 Å². The Kier molecular flexibility index (Phi) is 4.11. The smallest absolute Gasteiger partial charge is 0.341 e.